The number of carboxylic acids is 1. The maximum absolute atomic E-state index is 13.1. The third-order valence-electron chi connectivity index (χ3n) is 10.2. The zero-order valence-electron chi connectivity index (χ0n) is 35.1. The Morgan fingerprint density at radius 2 is 1.24 bits per heavy atom. The number of ether oxygens (including phenoxy) is 4. The van der Waals surface area contributed by atoms with Crippen LogP contribution in [0.4, 0.5) is 4.79 Å². The maximum atomic E-state index is 13.1. The molecule has 3 unspecified atom stereocenters. The van der Waals surface area contributed by atoms with Crippen LogP contribution in [0.5, 0.6) is 0 Å². The number of aromatic carboxylic acids is 1. The van der Waals surface area contributed by atoms with Crippen molar-refractivity contribution in [3.63, 3.8) is 0 Å². The largest absolute Gasteiger partial charge is 0.478 e. The molecule has 0 spiro atoms. The number of hydrogen-bond acceptors (Lipinski definition) is 10. The molecule has 2 heterocycles. The van der Waals surface area contributed by atoms with Gasteiger partial charge >= 0.3 is 12.0 Å². The standard InChI is InChI=1S/C45H60N5O10PS/c51-40(16-8-7-15-39-42-37(32-62-39)49-45(56)50-42)47-22-24-58-26-28-60-30-29-59-27-25-57-23-19-41(52)46-20-9-10-21-48-43(53)33-17-18-36(44(54)55)38(31-33)61(34-11-3-1-4-12-34)35-13-5-2-6-14-35/h1-6,11-14,17-18,31,37,39,42H,7-10,15-16,19-30,32H2,(H,46,52)(H,47,51)(H,48,53)(H,54,55)(H2,49,50,56). The second-order valence-corrected chi connectivity index (χ2v) is 18.2. The second kappa shape index (κ2) is 27.5. The summed E-state index contributed by atoms with van der Waals surface area (Å²) in [5.41, 5.74) is 0.564. The van der Waals surface area contributed by atoms with Crippen LogP contribution in [-0.4, -0.2) is 130 Å². The lowest BCUT2D eigenvalue weighted by Gasteiger charge is -2.22. The molecule has 2 saturated heterocycles. The van der Waals surface area contributed by atoms with Gasteiger partial charge in [0, 0.05) is 54.3 Å². The summed E-state index contributed by atoms with van der Waals surface area (Å²) in [5, 5.41) is 27.7. The van der Waals surface area contributed by atoms with Crippen molar-refractivity contribution in [2.24, 2.45) is 0 Å². The van der Waals surface area contributed by atoms with Gasteiger partial charge in [0.25, 0.3) is 5.91 Å². The highest BCUT2D eigenvalue weighted by Gasteiger charge is 2.42. The molecule has 2 aliphatic rings. The minimum Gasteiger partial charge on any atom is -0.478 e. The highest BCUT2D eigenvalue weighted by Crippen LogP contribution is 2.35. The Bertz CT molecular complexity index is 1820. The monoisotopic (exact) mass is 893 g/mol. The summed E-state index contributed by atoms with van der Waals surface area (Å²) >= 11 is 1.89. The molecule has 17 heteroatoms. The lowest BCUT2D eigenvalue weighted by molar-refractivity contribution is -0.122. The second-order valence-electron chi connectivity index (χ2n) is 14.8. The first-order chi connectivity index (χ1) is 30.3. The Morgan fingerprint density at radius 1 is 0.661 bits per heavy atom. The number of carbonyl (C=O) groups excluding carboxylic acids is 4. The molecule has 3 aromatic rings. The van der Waals surface area contributed by atoms with Gasteiger partial charge in [-0.2, -0.15) is 11.8 Å². The first-order valence-corrected chi connectivity index (χ1v) is 23.8. The van der Waals surface area contributed by atoms with Crippen molar-refractivity contribution >= 4 is 65.3 Å². The van der Waals surface area contributed by atoms with Crippen LogP contribution in [0.3, 0.4) is 0 Å². The van der Waals surface area contributed by atoms with Gasteiger partial charge < -0.3 is 50.6 Å². The van der Waals surface area contributed by atoms with E-state index in [0.29, 0.717) is 101 Å². The fourth-order valence-corrected chi connectivity index (χ4v) is 11.1. The Kier molecular flexibility index (Phi) is 21.5. The third kappa shape index (κ3) is 16.6. The molecule has 336 valence electrons. The van der Waals surface area contributed by atoms with Crippen molar-refractivity contribution in [2.75, 3.05) is 78.2 Å². The van der Waals surface area contributed by atoms with E-state index in [1.807, 2.05) is 72.4 Å². The SMILES string of the molecule is O=C(CCCCC1SCC2NC(=O)NC21)NCCOCCOCCOCCOCCC(=O)NCCCCNC(=O)c1ccc(C(=O)O)c(P(c2ccccc2)c2ccccc2)c1. The van der Waals surface area contributed by atoms with Crippen LogP contribution in [0.1, 0.15) is 65.7 Å². The van der Waals surface area contributed by atoms with E-state index in [0.717, 1.165) is 35.6 Å². The first kappa shape index (κ1) is 48.5. The van der Waals surface area contributed by atoms with Gasteiger partial charge in [-0.15, -0.1) is 0 Å². The smallest absolute Gasteiger partial charge is 0.336 e. The fraction of sp³-hybridized carbons (Fsp3) is 0.489. The summed E-state index contributed by atoms with van der Waals surface area (Å²) in [5.74, 6) is -0.475. The molecule has 0 aromatic heterocycles. The Labute approximate surface area is 369 Å². The molecule has 5 amide bonds. The molecule has 3 atom stereocenters. The molecule has 6 N–H and O–H groups in total. The minimum atomic E-state index is -1.22. The number of fused-ring (bicyclic) bond motifs is 1. The van der Waals surface area contributed by atoms with E-state index in [4.69, 9.17) is 18.9 Å². The van der Waals surface area contributed by atoms with Crippen LogP contribution in [0.25, 0.3) is 0 Å². The lowest BCUT2D eigenvalue weighted by Crippen LogP contribution is -2.36. The molecule has 2 fully saturated rings. The van der Waals surface area contributed by atoms with E-state index in [1.54, 1.807) is 12.1 Å². The van der Waals surface area contributed by atoms with Gasteiger partial charge in [0.1, 0.15) is 0 Å². The summed E-state index contributed by atoms with van der Waals surface area (Å²) in [6.07, 6.45) is 4.82. The summed E-state index contributed by atoms with van der Waals surface area (Å²) in [4.78, 5) is 61.2. The third-order valence-corrected chi connectivity index (χ3v) is 14.2. The number of unbranched alkanes of at least 4 members (excludes halogenated alkanes) is 2. The van der Waals surface area contributed by atoms with Crippen molar-refractivity contribution in [3.05, 3.63) is 90.0 Å². The molecule has 2 aliphatic heterocycles. The zero-order chi connectivity index (χ0) is 43.8. The number of carbonyl (C=O) groups is 5. The van der Waals surface area contributed by atoms with E-state index in [2.05, 4.69) is 26.6 Å². The molecular formula is C45H60N5O10PS. The Hall–Kier alpha value is -4.57. The van der Waals surface area contributed by atoms with Gasteiger partial charge in [0.2, 0.25) is 11.8 Å². The molecule has 62 heavy (non-hydrogen) atoms. The summed E-state index contributed by atoms with van der Waals surface area (Å²) in [7, 11) is -1.22. The Morgan fingerprint density at radius 3 is 1.89 bits per heavy atom. The number of benzene rings is 3. The van der Waals surface area contributed by atoms with Crippen molar-refractivity contribution in [3.8, 4) is 0 Å². The summed E-state index contributed by atoms with van der Waals surface area (Å²) in [6.45, 7) is 4.45. The van der Waals surface area contributed by atoms with Crippen LogP contribution in [0.15, 0.2) is 78.9 Å². The number of urea groups is 1. The number of rotatable bonds is 30. The molecule has 3 aromatic carbocycles. The number of amides is 5. The van der Waals surface area contributed by atoms with Gasteiger partial charge in [-0.25, -0.2) is 9.59 Å². The Balaban J connectivity index is 0.806. The highest BCUT2D eigenvalue weighted by molar-refractivity contribution is 8.00. The van der Waals surface area contributed by atoms with Crippen molar-refractivity contribution in [1.82, 2.24) is 26.6 Å². The minimum absolute atomic E-state index is 0.0214. The predicted molar refractivity (Wildman–Crippen MR) is 242 cm³/mol. The number of hydrogen-bond donors (Lipinski definition) is 6. The summed E-state index contributed by atoms with van der Waals surface area (Å²) in [6, 6.07) is 24.6. The van der Waals surface area contributed by atoms with E-state index in [9.17, 15) is 29.1 Å². The van der Waals surface area contributed by atoms with Crippen LogP contribution >= 0.6 is 19.7 Å². The van der Waals surface area contributed by atoms with Gasteiger partial charge in [0.05, 0.1) is 70.5 Å². The quantitative estimate of drug-likeness (QED) is 0.0327. The fourth-order valence-electron chi connectivity index (χ4n) is 7.04. The molecule has 0 aliphatic carbocycles. The van der Waals surface area contributed by atoms with Crippen molar-refractivity contribution < 1.29 is 48.0 Å². The van der Waals surface area contributed by atoms with Crippen molar-refractivity contribution in [1.29, 1.82) is 0 Å². The van der Waals surface area contributed by atoms with E-state index >= 15 is 0 Å². The first-order valence-electron chi connectivity index (χ1n) is 21.4. The van der Waals surface area contributed by atoms with Gasteiger partial charge in [-0.05, 0) is 62.4 Å². The van der Waals surface area contributed by atoms with E-state index < -0.39 is 13.9 Å². The van der Waals surface area contributed by atoms with Gasteiger partial charge in [-0.3, -0.25) is 14.4 Å². The average molecular weight is 894 g/mol. The number of thioether (sulfide) groups is 1. The van der Waals surface area contributed by atoms with Gasteiger partial charge in [0.15, 0.2) is 0 Å². The lowest BCUT2D eigenvalue weighted by atomic mass is 10.0. The number of nitrogens with one attached hydrogen (secondary N) is 5. The van der Waals surface area contributed by atoms with E-state index in [-0.39, 0.29) is 54.4 Å². The molecule has 0 saturated carbocycles. The molecular weight excluding hydrogens is 834 g/mol. The number of carboxylic acid groups (broad SMARTS) is 1. The molecule has 0 bridgehead atoms. The molecule has 0 radical (unpaired) electrons. The molecule has 5 rings (SSSR count). The maximum Gasteiger partial charge on any atom is 0.336 e. The van der Waals surface area contributed by atoms with Crippen LogP contribution in [0.2, 0.25) is 0 Å². The topological polar surface area (TPSA) is 203 Å². The predicted octanol–water partition coefficient (Wildman–Crippen LogP) is 3.07. The zero-order valence-corrected chi connectivity index (χ0v) is 36.9. The molecule has 15 nitrogen and oxygen atoms in total. The van der Waals surface area contributed by atoms with Crippen molar-refractivity contribution in [2.45, 2.75) is 62.3 Å². The average Bonchev–Trinajstić information content (AvgIpc) is 3.84. The highest BCUT2D eigenvalue weighted by atomic mass is 32.2. The van der Waals surface area contributed by atoms with Crippen LogP contribution in [0, 0.1) is 0 Å². The van der Waals surface area contributed by atoms with Gasteiger partial charge in [-0.1, -0.05) is 67.1 Å². The van der Waals surface area contributed by atoms with E-state index in [1.165, 1.54) is 6.07 Å². The normalized spacial score (nSPS) is 16.7. The summed E-state index contributed by atoms with van der Waals surface area (Å²) < 4.78 is 22.0. The van der Waals surface area contributed by atoms with Crippen LogP contribution in [-0.2, 0) is 28.5 Å². The van der Waals surface area contributed by atoms with Crippen LogP contribution < -0.4 is 42.5 Å².